The number of fused-ring (bicyclic) bond motifs is 1. The van der Waals surface area contributed by atoms with Crippen molar-refractivity contribution in [2.24, 2.45) is 29.1 Å². The summed E-state index contributed by atoms with van der Waals surface area (Å²) in [6.45, 7) is 39.9. The quantitative estimate of drug-likeness (QED) is 0.108. The van der Waals surface area contributed by atoms with Gasteiger partial charge in [-0.2, -0.15) is 0 Å². The molecule has 342 valence electrons. The maximum absolute atomic E-state index is 14.0. The van der Waals surface area contributed by atoms with E-state index in [0.29, 0.717) is 29.6 Å². The Balaban J connectivity index is 1.99. The highest BCUT2D eigenvalue weighted by Crippen LogP contribution is 2.49. The monoisotopic (exact) mass is 876 g/mol. The van der Waals surface area contributed by atoms with Gasteiger partial charge in [-0.3, -0.25) is 14.5 Å². The molecule has 1 unspecified atom stereocenters. The summed E-state index contributed by atoms with van der Waals surface area (Å²) in [5, 5.41) is 2.49. The van der Waals surface area contributed by atoms with Crippen LogP contribution in [0, 0.1) is 29.1 Å². The Kier molecular flexibility index (Phi) is 16.7. The van der Waals surface area contributed by atoms with E-state index in [0.717, 1.165) is 36.3 Å². The number of nitrogens with zero attached hydrogens (tertiary/aromatic N) is 3. The fourth-order valence-electron chi connectivity index (χ4n) is 7.91. The van der Waals surface area contributed by atoms with Gasteiger partial charge in [0.25, 0.3) is 0 Å². The number of thiazole rings is 1. The number of imide groups is 1. The maximum Gasteiger partial charge on any atom is 0.420 e. The van der Waals surface area contributed by atoms with Gasteiger partial charge in [-0.05, 0) is 109 Å². The molecule has 0 bridgehead atoms. The predicted molar refractivity (Wildman–Crippen MR) is 244 cm³/mol. The van der Waals surface area contributed by atoms with Crippen molar-refractivity contribution in [3.05, 3.63) is 21.7 Å². The van der Waals surface area contributed by atoms with E-state index in [-0.39, 0.29) is 59.1 Å². The van der Waals surface area contributed by atoms with Crippen molar-refractivity contribution in [1.82, 2.24) is 14.8 Å². The summed E-state index contributed by atoms with van der Waals surface area (Å²) in [5.74, 6) is 0.111. The van der Waals surface area contributed by atoms with Crippen LogP contribution in [0.3, 0.4) is 0 Å². The van der Waals surface area contributed by atoms with E-state index in [9.17, 15) is 19.2 Å². The lowest BCUT2D eigenvalue weighted by Gasteiger charge is -2.36. The number of rotatable bonds is 8. The number of carbonyl (C=O) groups excluding carboxylic acids is 4. The van der Waals surface area contributed by atoms with E-state index >= 15 is 0 Å². The van der Waals surface area contributed by atoms with E-state index in [1.54, 1.807) is 41.5 Å². The second-order valence-electron chi connectivity index (χ2n) is 22.2. The minimum Gasteiger partial charge on any atom is -0.458 e. The maximum atomic E-state index is 14.0. The van der Waals surface area contributed by atoms with Crippen LogP contribution < -0.4 is 0 Å². The van der Waals surface area contributed by atoms with Crippen LogP contribution in [0.5, 0.6) is 0 Å². The second kappa shape index (κ2) is 19.4. The Morgan fingerprint density at radius 2 is 1.55 bits per heavy atom. The first-order valence-electron chi connectivity index (χ1n) is 22.2. The Bertz CT molecular complexity index is 1670. The van der Waals surface area contributed by atoms with Crippen molar-refractivity contribution in [1.29, 1.82) is 0 Å². The van der Waals surface area contributed by atoms with Gasteiger partial charge in [-0.25, -0.2) is 19.5 Å². The molecule has 0 aliphatic carbocycles. The summed E-state index contributed by atoms with van der Waals surface area (Å²) >= 11 is 1.31. The van der Waals surface area contributed by atoms with Crippen LogP contribution in [0.15, 0.2) is 11.0 Å². The first kappa shape index (κ1) is 51.7. The topological polar surface area (TPSA) is 124 Å². The number of esters is 1. The third kappa shape index (κ3) is 13.7. The van der Waals surface area contributed by atoms with Crippen molar-refractivity contribution >= 4 is 49.7 Å². The van der Waals surface area contributed by atoms with Crippen LogP contribution in [0.25, 0.3) is 6.08 Å². The van der Waals surface area contributed by atoms with Crippen LogP contribution in [0.4, 0.5) is 9.59 Å². The number of ether oxygens (including phenoxy) is 3. The van der Waals surface area contributed by atoms with Crippen LogP contribution in [-0.2, 0) is 34.8 Å². The standard InChI is InChI=1S/C47H81N3O8SSi/c1-30-21-20-22-47(17)37(50(47)23-24-55-60(18,19)45(12,13)14)27-36(56-39(51)26-32(3)46(15,16)40(52)34(5)33(30)4)31(2)25-35-29-59-38(48-35)28-49(41(53)57-43(6,7)8)42(54)58-44(9,10)11/h25,29-30,32-34,36-37H,20-24,26-28H2,1-19H3/b31-25+/t30-,32-,33-,34+,36-,37-,47+,50?/m0/s1. The molecule has 2 aliphatic rings. The average Bonchev–Trinajstić information content (AvgIpc) is 3.37. The molecule has 2 saturated heterocycles. The summed E-state index contributed by atoms with van der Waals surface area (Å²) in [6.07, 6.45) is 3.53. The molecular formula is C47H81N3O8SSi. The Hall–Kier alpha value is -2.61. The smallest absolute Gasteiger partial charge is 0.420 e. The van der Waals surface area contributed by atoms with Crippen molar-refractivity contribution in [2.75, 3.05) is 13.2 Å². The van der Waals surface area contributed by atoms with Gasteiger partial charge in [-0.15, -0.1) is 11.3 Å². The molecule has 1 aromatic rings. The first-order chi connectivity index (χ1) is 27.2. The predicted octanol–water partition coefficient (Wildman–Crippen LogP) is 11.7. The third-order valence-corrected chi connectivity index (χ3v) is 19.1. The summed E-state index contributed by atoms with van der Waals surface area (Å²) in [7, 11) is -1.95. The van der Waals surface area contributed by atoms with Crippen LogP contribution in [-0.4, -0.2) is 89.1 Å². The molecular weight excluding hydrogens is 795 g/mol. The van der Waals surface area contributed by atoms with Crippen molar-refractivity contribution < 1.29 is 37.8 Å². The number of cyclic esters (lactones) is 1. The minimum atomic E-state index is -1.95. The number of aromatic nitrogens is 1. The zero-order valence-corrected chi connectivity index (χ0v) is 42.6. The molecule has 2 fully saturated rings. The highest BCUT2D eigenvalue weighted by Gasteiger charge is 2.58. The largest absolute Gasteiger partial charge is 0.458 e. The minimum absolute atomic E-state index is 0.0982. The molecule has 8 atom stereocenters. The lowest BCUT2D eigenvalue weighted by Crippen LogP contribution is -2.43. The normalized spacial score (nSPS) is 29.0. The number of hydrogen-bond donors (Lipinski definition) is 0. The van der Waals surface area contributed by atoms with Gasteiger partial charge in [0, 0.05) is 54.3 Å². The summed E-state index contributed by atoms with van der Waals surface area (Å²) < 4.78 is 24.2. The molecule has 0 radical (unpaired) electrons. The SMILES string of the molecule is C/C(=C\c1csc(CN(C(=O)OC(C)(C)C)C(=O)OC(C)(C)C)n1)[C@@H]1C[C@@H]2N(CCO[Si](C)(C)C(C)(C)C)[C@]2(C)CCC[C@H](C)[C@H](C)[C@@H](C)C(=O)C(C)(C)[C@@H](C)CC(=O)O1. The van der Waals surface area contributed by atoms with E-state index in [1.165, 1.54) is 11.3 Å². The number of Topliss-reactive ketones (excluding diaryl/α,β-unsaturated/α-hetero) is 1. The lowest BCUT2D eigenvalue weighted by atomic mass is 9.67. The number of amides is 2. The van der Waals surface area contributed by atoms with Crippen molar-refractivity contribution in [2.45, 2.75) is 203 Å². The van der Waals surface area contributed by atoms with E-state index in [4.69, 9.17) is 23.6 Å². The summed E-state index contributed by atoms with van der Waals surface area (Å²) in [5.41, 5.74) is -0.988. The molecule has 60 heavy (non-hydrogen) atoms. The molecule has 11 nitrogen and oxygen atoms in total. The first-order valence-corrected chi connectivity index (χ1v) is 26.0. The summed E-state index contributed by atoms with van der Waals surface area (Å²) in [6, 6.07) is 0.166. The Morgan fingerprint density at radius 3 is 2.08 bits per heavy atom. The number of ketones is 1. The average molecular weight is 876 g/mol. The van der Waals surface area contributed by atoms with E-state index in [2.05, 4.69) is 66.5 Å². The van der Waals surface area contributed by atoms with Crippen molar-refractivity contribution in [3.8, 4) is 0 Å². The Labute approximate surface area is 368 Å². The van der Waals surface area contributed by atoms with Gasteiger partial charge < -0.3 is 18.6 Å². The molecule has 13 heteroatoms. The fraction of sp³-hybridized carbons (Fsp3) is 0.809. The van der Waals surface area contributed by atoms with Gasteiger partial charge in [-0.1, -0.05) is 75.2 Å². The van der Waals surface area contributed by atoms with E-state index in [1.807, 2.05) is 39.2 Å². The Morgan fingerprint density at radius 1 is 0.983 bits per heavy atom. The third-order valence-electron chi connectivity index (χ3n) is 13.8. The highest BCUT2D eigenvalue weighted by atomic mass is 32.1. The number of hydrogen-bond acceptors (Lipinski definition) is 11. The van der Waals surface area contributed by atoms with Gasteiger partial charge in [0.2, 0.25) is 0 Å². The fourth-order valence-corrected chi connectivity index (χ4v) is 9.68. The molecule has 0 aromatic carbocycles. The second-order valence-corrected chi connectivity index (χ2v) is 28.0. The van der Waals surface area contributed by atoms with Gasteiger partial charge in [0.1, 0.15) is 28.1 Å². The van der Waals surface area contributed by atoms with Crippen molar-refractivity contribution in [3.63, 3.8) is 0 Å². The van der Waals surface area contributed by atoms with Crippen LogP contribution in [0.1, 0.15) is 161 Å². The molecule has 0 N–H and O–H groups in total. The zero-order valence-electron chi connectivity index (χ0n) is 40.8. The molecule has 1 aromatic heterocycles. The van der Waals surface area contributed by atoms with Crippen LogP contribution >= 0.6 is 11.3 Å². The van der Waals surface area contributed by atoms with Gasteiger partial charge >= 0.3 is 18.2 Å². The summed E-state index contributed by atoms with van der Waals surface area (Å²) in [4.78, 5) is 62.7. The highest BCUT2D eigenvalue weighted by molar-refractivity contribution is 7.09. The lowest BCUT2D eigenvalue weighted by molar-refractivity contribution is -0.150. The van der Waals surface area contributed by atoms with E-state index < -0.39 is 43.2 Å². The van der Waals surface area contributed by atoms with Crippen LogP contribution in [0.2, 0.25) is 18.1 Å². The zero-order chi connectivity index (χ0) is 46.0. The molecule has 2 aliphatic heterocycles. The molecule has 2 amide bonds. The molecule has 3 heterocycles. The molecule has 0 saturated carbocycles. The molecule has 3 rings (SSSR count). The van der Waals surface area contributed by atoms with Gasteiger partial charge in [0.05, 0.1) is 12.2 Å². The number of carbonyl (C=O) groups is 4. The molecule has 0 spiro atoms. The van der Waals surface area contributed by atoms with Gasteiger partial charge in [0.15, 0.2) is 8.32 Å².